The third kappa shape index (κ3) is 6.34. The highest BCUT2D eigenvalue weighted by atomic mass is 32.2. The zero-order valence-electron chi connectivity index (χ0n) is 21.8. The van der Waals surface area contributed by atoms with Gasteiger partial charge in [0.05, 0.1) is 11.6 Å². The van der Waals surface area contributed by atoms with Crippen molar-refractivity contribution in [2.24, 2.45) is 11.5 Å². The van der Waals surface area contributed by atoms with Gasteiger partial charge in [-0.15, -0.1) is 11.8 Å². The van der Waals surface area contributed by atoms with Gasteiger partial charge < -0.3 is 11.5 Å². The molecule has 0 spiro atoms. The van der Waals surface area contributed by atoms with Crippen molar-refractivity contribution in [3.8, 4) is 28.3 Å². The molecular formula is C35H31N3S. The Morgan fingerprint density at radius 3 is 2.10 bits per heavy atom. The van der Waals surface area contributed by atoms with Gasteiger partial charge in [0.25, 0.3) is 0 Å². The van der Waals surface area contributed by atoms with Crippen LogP contribution in [0.2, 0.25) is 0 Å². The maximum Gasteiger partial charge on any atom is 0.0991 e. The van der Waals surface area contributed by atoms with Crippen LogP contribution in [-0.4, -0.2) is 5.75 Å². The molecule has 0 atom stereocenters. The van der Waals surface area contributed by atoms with Crippen LogP contribution in [0.4, 0.5) is 0 Å². The Morgan fingerprint density at radius 1 is 0.795 bits per heavy atom. The van der Waals surface area contributed by atoms with Crippen LogP contribution in [0, 0.1) is 11.3 Å². The van der Waals surface area contributed by atoms with Gasteiger partial charge in [-0.3, -0.25) is 0 Å². The van der Waals surface area contributed by atoms with E-state index in [1.807, 2.05) is 36.0 Å². The topological polar surface area (TPSA) is 75.8 Å². The molecule has 0 aliphatic heterocycles. The van der Waals surface area contributed by atoms with E-state index in [2.05, 4.69) is 91.0 Å². The zero-order valence-corrected chi connectivity index (χ0v) is 22.6. The molecule has 4 N–H and O–H groups in total. The molecule has 4 aromatic rings. The number of rotatable bonds is 8. The van der Waals surface area contributed by atoms with Crippen molar-refractivity contribution in [2.45, 2.75) is 19.3 Å². The van der Waals surface area contributed by atoms with Crippen molar-refractivity contribution in [1.82, 2.24) is 0 Å². The van der Waals surface area contributed by atoms with E-state index < -0.39 is 0 Å². The molecule has 4 aromatic carbocycles. The number of hydrogen-bond donors (Lipinski definition) is 2. The zero-order chi connectivity index (χ0) is 27.0. The molecule has 3 nitrogen and oxygen atoms in total. The molecular weight excluding hydrogens is 494 g/mol. The van der Waals surface area contributed by atoms with Gasteiger partial charge in [0.2, 0.25) is 0 Å². The molecule has 0 heterocycles. The minimum Gasteiger partial charge on any atom is -0.404 e. The maximum atomic E-state index is 9.02. The summed E-state index contributed by atoms with van der Waals surface area (Å²) >= 11 is 1.82. The SMILES string of the molecule is N#Cc1ccc(-c2ccc(-c3ccc4cc(C(/C=C\CCSC5=CCCC=C5N)=C/N)ccc4c3)cc2)cc1. The lowest BCUT2D eigenvalue weighted by Crippen LogP contribution is -2.02. The largest absolute Gasteiger partial charge is 0.404 e. The fourth-order valence-electron chi connectivity index (χ4n) is 4.71. The average molecular weight is 526 g/mol. The van der Waals surface area contributed by atoms with Crippen LogP contribution in [0.15, 0.2) is 126 Å². The second-order valence-corrected chi connectivity index (χ2v) is 10.6. The van der Waals surface area contributed by atoms with E-state index in [-0.39, 0.29) is 0 Å². The Labute approximate surface area is 234 Å². The predicted molar refractivity (Wildman–Crippen MR) is 168 cm³/mol. The third-order valence-corrected chi connectivity index (χ3v) is 8.06. The van der Waals surface area contributed by atoms with Crippen LogP contribution in [0.1, 0.15) is 30.4 Å². The Bertz CT molecular complexity index is 1630. The van der Waals surface area contributed by atoms with E-state index in [1.54, 1.807) is 6.20 Å². The first-order valence-electron chi connectivity index (χ1n) is 13.2. The molecule has 5 rings (SSSR count). The summed E-state index contributed by atoms with van der Waals surface area (Å²) in [4.78, 5) is 1.21. The van der Waals surface area contributed by atoms with Gasteiger partial charge in [0, 0.05) is 22.6 Å². The van der Waals surface area contributed by atoms with Crippen LogP contribution in [0.25, 0.3) is 38.6 Å². The molecule has 0 radical (unpaired) electrons. The normalized spacial score (nSPS) is 13.8. The summed E-state index contributed by atoms with van der Waals surface area (Å²) in [6.45, 7) is 0. The highest BCUT2D eigenvalue weighted by molar-refractivity contribution is 8.03. The molecule has 0 fully saturated rings. The Hall–Kier alpha value is -4.46. The molecule has 4 heteroatoms. The molecule has 0 amide bonds. The Kier molecular flexibility index (Phi) is 8.31. The lowest BCUT2D eigenvalue weighted by atomic mass is 9.96. The van der Waals surface area contributed by atoms with Gasteiger partial charge >= 0.3 is 0 Å². The number of thioether (sulfide) groups is 1. The molecule has 39 heavy (non-hydrogen) atoms. The monoisotopic (exact) mass is 525 g/mol. The van der Waals surface area contributed by atoms with Gasteiger partial charge in [0.1, 0.15) is 0 Å². The van der Waals surface area contributed by atoms with Crippen LogP contribution in [-0.2, 0) is 0 Å². The van der Waals surface area contributed by atoms with Crippen molar-refractivity contribution < 1.29 is 0 Å². The first-order chi connectivity index (χ1) is 19.1. The summed E-state index contributed by atoms with van der Waals surface area (Å²) in [5.41, 5.74) is 20.4. The number of nitrogens with zero attached hydrogens (tertiary/aromatic N) is 1. The van der Waals surface area contributed by atoms with Crippen molar-refractivity contribution in [1.29, 1.82) is 5.26 Å². The minimum absolute atomic E-state index is 0.672. The van der Waals surface area contributed by atoms with Gasteiger partial charge in [-0.25, -0.2) is 0 Å². The summed E-state index contributed by atoms with van der Waals surface area (Å²) in [5.74, 6) is 0.990. The summed E-state index contributed by atoms with van der Waals surface area (Å²) < 4.78 is 0. The van der Waals surface area contributed by atoms with Gasteiger partial charge in [-0.2, -0.15) is 5.26 Å². The van der Waals surface area contributed by atoms with Crippen LogP contribution in [0.5, 0.6) is 0 Å². The molecule has 0 saturated heterocycles. The molecule has 1 aliphatic carbocycles. The van der Waals surface area contributed by atoms with E-state index in [9.17, 15) is 0 Å². The lowest BCUT2D eigenvalue weighted by molar-refractivity contribution is 1.00. The van der Waals surface area contributed by atoms with E-state index in [1.165, 1.54) is 26.8 Å². The summed E-state index contributed by atoms with van der Waals surface area (Å²) in [5, 5.41) is 11.4. The maximum absolute atomic E-state index is 9.02. The minimum atomic E-state index is 0.672. The molecule has 1 aliphatic rings. The number of fused-ring (bicyclic) bond motifs is 1. The van der Waals surface area contributed by atoms with Gasteiger partial charge in [-0.1, -0.05) is 85.0 Å². The van der Waals surface area contributed by atoms with Crippen LogP contribution < -0.4 is 11.5 Å². The standard InChI is InChI=1S/C35H31N3S/c36-23-25-8-10-26(11-9-25)27-12-14-28(15-13-27)29-16-17-31-22-32(19-18-30(31)21-29)33(24-37)5-3-4-20-39-35-7-2-1-6-34(35)38/h3,5-19,21-22,24H,1-2,4,20,37-38H2/b5-3-,33-24+. The summed E-state index contributed by atoms with van der Waals surface area (Å²) in [7, 11) is 0. The van der Waals surface area contributed by atoms with E-state index in [0.717, 1.165) is 53.0 Å². The molecule has 0 aromatic heterocycles. The highest BCUT2D eigenvalue weighted by Gasteiger charge is 2.06. The molecule has 192 valence electrons. The van der Waals surface area contributed by atoms with Crippen molar-refractivity contribution >= 4 is 28.1 Å². The first-order valence-corrected chi connectivity index (χ1v) is 14.2. The Balaban J connectivity index is 1.25. The van der Waals surface area contributed by atoms with Gasteiger partial charge in [-0.05, 0) is 87.7 Å². The first kappa shape index (κ1) is 26.2. The number of benzene rings is 4. The summed E-state index contributed by atoms with van der Waals surface area (Å²) in [6.07, 6.45) is 13.4. The van der Waals surface area contributed by atoms with Crippen molar-refractivity contribution in [3.05, 3.63) is 137 Å². The van der Waals surface area contributed by atoms with Crippen molar-refractivity contribution in [2.75, 3.05) is 5.75 Å². The predicted octanol–water partition coefficient (Wildman–Crippen LogP) is 8.54. The van der Waals surface area contributed by atoms with E-state index >= 15 is 0 Å². The fourth-order valence-corrected chi connectivity index (χ4v) is 5.67. The smallest absolute Gasteiger partial charge is 0.0991 e. The van der Waals surface area contributed by atoms with Gasteiger partial charge in [0.15, 0.2) is 0 Å². The number of hydrogen-bond acceptors (Lipinski definition) is 4. The average Bonchev–Trinajstić information content (AvgIpc) is 2.99. The highest BCUT2D eigenvalue weighted by Crippen LogP contribution is 2.30. The Morgan fingerprint density at radius 2 is 1.41 bits per heavy atom. The summed E-state index contributed by atoms with van der Waals surface area (Å²) in [6, 6.07) is 31.5. The third-order valence-electron chi connectivity index (χ3n) is 6.90. The number of allylic oxidation sites excluding steroid dienone is 5. The number of nitrogens with two attached hydrogens (primary N) is 2. The van der Waals surface area contributed by atoms with Crippen LogP contribution >= 0.6 is 11.8 Å². The second-order valence-electron chi connectivity index (χ2n) is 9.51. The quantitative estimate of drug-likeness (QED) is 0.178. The van der Waals surface area contributed by atoms with Crippen molar-refractivity contribution in [3.63, 3.8) is 0 Å². The molecule has 0 saturated carbocycles. The van der Waals surface area contributed by atoms with E-state index in [0.29, 0.717) is 5.56 Å². The van der Waals surface area contributed by atoms with E-state index in [4.69, 9.17) is 16.7 Å². The van der Waals surface area contributed by atoms with Crippen LogP contribution in [0.3, 0.4) is 0 Å². The second kappa shape index (κ2) is 12.4. The fraction of sp³-hybridized carbons (Fsp3) is 0.114. The lowest BCUT2D eigenvalue weighted by Gasteiger charge is -2.11. The molecule has 0 unspecified atom stereocenters. The number of nitriles is 1. The molecule has 0 bridgehead atoms.